The normalized spacial score (nSPS) is 7.00. The van der Waals surface area contributed by atoms with E-state index < -0.39 is 0 Å². The maximum Gasteiger partial charge on any atom is 1.00 e. The van der Waals surface area contributed by atoms with E-state index >= 15 is 0 Å². The fourth-order valence-electron chi connectivity index (χ4n) is 0.0833. The quantitative estimate of drug-likeness (QED) is 0.272. The van der Waals surface area contributed by atoms with Crippen LogP contribution in [0.4, 0.5) is 0 Å². The van der Waals surface area contributed by atoms with E-state index in [1.807, 2.05) is 0 Å². The van der Waals surface area contributed by atoms with Gasteiger partial charge in [-0.2, -0.15) is 5.75 Å². The number of hydrogen-bond donors (Lipinski definition) is 0. The summed E-state index contributed by atoms with van der Waals surface area (Å²) in [5.41, 5.74) is 0. The van der Waals surface area contributed by atoms with Crippen molar-refractivity contribution >= 4 is 12.6 Å². The number of hydrogen-bond acceptors (Lipinski definition) is 2. The Balaban J connectivity index is 0. The topological polar surface area (TPSA) is 9.23 Å². The zero-order valence-electron chi connectivity index (χ0n) is 4.23. The molecule has 32 valence electrons. The van der Waals surface area contributed by atoms with Crippen molar-refractivity contribution < 1.29 is 23.6 Å². The van der Waals surface area contributed by atoms with Gasteiger partial charge < -0.3 is 17.4 Å². The molecule has 0 N–H and O–H groups in total. The fraction of sp³-hybridized carbons (Fsp3) is 1.00. The van der Waals surface area contributed by atoms with Gasteiger partial charge in [-0.15, -0.1) is 0 Å². The van der Waals surface area contributed by atoms with Crippen LogP contribution in [0, 0.1) is 0 Å². The molecule has 0 aliphatic rings. The van der Waals surface area contributed by atoms with Crippen LogP contribution in [0.5, 0.6) is 0 Å². The van der Waals surface area contributed by atoms with Gasteiger partial charge in [0.25, 0.3) is 0 Å². The van der Waals surface area contributed by atoms with Crippen molar-refractivity contribution in [2.45, 2.75) is 0 Å². The van der Waals surface area contributed by atoms with Crippen LogP contribution >= 0.6 is 0 Å². The van der Waals surface area contributed by atoms with E-state index in [4.69, 9.17) is 0 Å². The van der Waals surface area contributed by atoms with Crippen LogP contribution in [-0.4, -0.2) is 19.5 Å². The molecule has 0 saturated heterocycles. The number of ether oxygens (including phenoxy) is 1. The molecule has 3 heteroatoms. The van der Waals surface area contributed by atoms with Gasteiger partial charge in [0.2, 0.25) is 0 Å². The van der Waals surface area contributed by atoms with Crippen LogP contribution in [0.2, 0.25) is 0 Å². The summed E-state index contributed by atoms with van der Waals surface area (Å²) >= 11 is 4.53. The SMILES string of the molecule is COCC[S-].[Li+]. The van der Waals surface area contributed by atoms with E-state index in [1.165, 1.54) is 0 Å². The van der Waals surface area contributed by atoms with Crippen molar-refractivity contribution in [3.05, 3.63) is 0 Å². The molecule has 0 atom stereocenters. The molecule has 0 aliphatic carbocycles. The summed E-state index contributed by atoms with van der Waals surface area (Å²) in [6.07, 6.45) is 0. The Bertz CT molecular complexity index is 18.3. The molecular formula is C3H7LiOS. The summed E-state index contributed by atoms with van der Waals surface area (Å²) in [6.45, 7) is 0.704. The third-order valence-corrected chi connectivity index (χ3v) is 0.454. The predicted octanol–water partition coefficient (Wildman–Crippen LogP) is -2.82. The second-order valence-corrected chi connectivity index (χ2v) is 1.11. The van der Waals surface area contributed by atoms with Gasteiger partial charge in [-0.1, -0.05) is 0 Å². The third-order valence-electron chi connectivity index (χ3n) is 0.287. The first-order valence-electron chi connectivity index (χ1n) is 1.49. The van der Waals surface area contributed by atoms with Gasteiger partial charge in [0, 0.05) is 13.7 Å². The Hall–Kier alpha value is 0.907. The molecule has 1 nitrogen and oxygen atoms in total. The van der Waals surface area contributed by atoms with E-state index in [2.05, 4.69) is 17.4 Å². The third kappa shape index (κ3) is 8.86. The first kappa shape index (κ1) is 10.0. The van der Waals surface area contributed by atoms with Crippen LogP contribution in [0.1, 0.15) is 0 Å². The molecule has 0 aliphatic heterocycles. The van der Waals surface area contributed by atoms with E-state index in [1.54, 1.807) is 7.11 Å². The Kier molecular flexibility index (Phi) is 15.5. The van der Waals surface area contributed by atoms with Crippen LogP contribution < -0.4 is 18.9 Å². The van der Waals surface area contributed by atoms with Crippen molar-refractivity contribution in [3.63, 3.8) is 0 Å². The average molecular weight is 98.1 g/mol. The van der Waals surface area contributed by atoms with Crippen molar-refractivity contribution in [3.8, 4) is 0 Å². The standard InChI is InChI=1S/C3H8OS.Li/c1-4-2-3-5;/h5H,2-3H2,1H3;/q;+1/p-1. The summed E-state index contributed by atoms with van der Waals surface area (Å²) in [4.78, 5) is 0. The Labute approximate surface area is 56.0 Å². The Morgan fingerprint density at radius 1 is 1.67 bits per heavy atom. The van der Waals surface area contributed by atoms with E-state index in [0.717, 1.165) is 0 Å². The van der Waals surface area contributed by atoms with Crippen LogP contribution in [0.3, 0.4) is 0 Å². The molecule has 0 fully saturated rings. The van der Waals surface area contributed by atoms with Gasteiger partial charge in [-0.3, -0.25) is 0 Å². The predicted molar refractivity (Wildman–Crippen MR) is 24.1 cm³/mol. The molecule has 6 heavy (non-hydrogen) atoms. The molecule has 0 heterocycles. The molecule has 0 spiro atoms. The zero-order chi connectivity index (χ0) is 4.12. The van der Waals surface area contributed by atoms with Gasteiger partial charge in [0.1, 0.15) is 0 Å². The zero-order valence-corrected chi connectivity index (χ0v) is 5.05. The monoisotopic (exact) mass is 98.0 g/mol. The Morgan fingerprint density at radius 3 is 2.17 bits per heavy atom. The van der Waals surface area contributed by atoms with E-state index in [9.17, 15) is 0 Å². The number of methoxy groups -OCH3 is 1. The molecule has 0 aromatic rings. The molecule has 0 aromatic carbocycles. The molecule has 0 bridgehead atoms. The van der Waals surface area contributed by atoms with Crippen LogP contribution in [-0.2, 0) is 17.4 Å². The summed E-state index contributed by atoms with van der Waals surface area (Å²) in [7, 11) is 1.65. The Morgan fingerprint density at radius 2 is 2.17 bits per heavy atom. The minimum atomic E-state index is 0. The first-order valence-corrected chi connectivity index (χ1v) is 2.06. The molecule has 0 amide bonds. The largest absolute Gasteiger partial charge is 1.00 e. The minimum absolute atomic E-state index is 0. The van der Waals surface area contributed by atoms with E-state index in [-0.39, 0.29) is 18.9 Å². The van der Waals surface area contributed by atoms with Gasteiger partial charge in [-0.25, -0.2) is 0 Å². The van der Waals surface area contributed by atoms with Crippen molar-refractivity contribution in [1.29, 1.82) is 0 Å². The average Bonchev–Trinajstić information content (AvgIpc) is 1.41. The molecule has 0 rings (SSSR count). The maximum atomic E-state index is 4.59. The van der Waals surface area contributed by atoms with Gasteiger partial charge in [0.15, 0.2) is 0 Å². The summed E-state index contributed by atoms with van der Waals surface area (Å²) in [6, 6.07) is 0. The van der Waals surface area contributed by atoms with Gasteiger partial charge in [-0.05, 0) is 0 Å². The van der Waals surface area contributed by atoms with Crippen LogP contribution in [0.25, 0.3) is 0 Å². The van der Waals surface area contributed by atoms with Crippen molar-refractivity contribution in [2.24, 2.45) is 0 Å². The summed E-state index contributed by atoms with van der Waals surface area (Å²) in [5, 5.41) is 0. The molecule has 0 radical (unpaired) electrons. The molecule has 0 unspecified atom stereocenters. The first-order chi connectivity index (χ1) is 2.41. The van der Waals surface area contributed by atoms with Gasteiger partial charge in [0.05, 0.1) is 0 Å². The van der Waals surface area contributed by atoms with Crippen molar-refractivity contribution in [2.75, 3.05) is 19.5 Å². The molecule has 0 aromatic heterocycles. The van der Waals surface area contributed by atoms with E-state index in [0.29, 0.717) is 12.4 Å². The molecule has 0 saturated carbocycles. The summed E-state index contributed by atoms with van der Waals surface area (Å²) in [5.74, 6) is 0.705. The smallest absolute Gasteiger partial charge is 0.790 e. The molecular weight excluding hydrogens is 91.0 g/mol. The minimum Gasteiger partial charge on any atom is -0.790 e. The summed E-state index contributed by atoms with van der Waals surface area (Å²) < 4.78 is 4.59. The van der Waals surface area contributed by atoms with Crippen molar-refractivity contribution in [1.82, 2.24) is 0 Å². The fourth-order valence-corrected chi connectivity index (χ4v) is 0.250. The number of rotatable bonds is 2. The maximum absolute atomic E-state index is 4.59. The van der Waals surface area contributed by atoms with Crippen LogP contribution in [0.15, 0.2) is 0 Å². The second-order valence-electron chi connectivity index (χ2n) is 0.697. The second kappa shape index (κ2) is 9.32. The van der Waals surface area contributed by atoms with Gasteiger partial charge >= 0.3 is 18.9 Å².